The summed E-state index contributed by atoms with van der Waals surface area (Å²) in [6, 6.07) is 0. The largest absolute Gasteiger partial charge is 0.303 e. The Bertz CT molecular complexity index is 127. The standard InChI is InChI=1S/C8H15NO2/c1-3-7(10)5-9-6-8(11)4-2/h9H,3-6H2,1-2H3. The van der Waals surface area contributed by atoms with Crippen molar-refractivity contribution in [2.75, 3.05) is 13.1 Å². The van der Waals surface area contributed by atoms with Gasteiger partial charge in [0.2, 0.25) is 0 Å². The third-order valence-electron chi connectivity index (χ3n) is 1.43. The fourth-order valence-corrected chi connectivity index (χ4v) is 0.591. The molecule has 64 valence electrons. The van der Waals surface area contributed by atoms with Gasteiger partial charge in [0, 0.05) is 12.8 Å². The highest BCUT2D eigenvalue weighted by atomic mass is 16.1. The van der Waals surface area contributed by atoms with Gasteiger partial charge < -0.3 is 5.32 Å². The summed E-state index contributed by atoms with van der Waals surface area (Å²) in [6.07, 6.45) is 1.07. The van der Waals surface area contributed by atoms with Crippen LogP contribution in [0.5, 0.6) is 0 Å². The van der Waals surface area contributed by atoms with Crippen LogP contribution in [-0.4, -0.2) is 24.7 Å². The molecule has 0 atom stereocenters. The van der Waals surface area contributed by atoms with Crippen LogP contribution in [0.3, 0.4) is 0 Å². The van der Waals surface area contributed by atoms with E-state index in [4.69, 9.17) is 0 Å². The summed E-state index contributed by atoms with van der Waals surface area (Å²) in [5.74, 6) is 0.294. The van der Waals surface area contributed by atoms with Crippen molar-refractivity contribution in [1.82, 2.24) is 5.32 Å². The van der Waals surface area contributed by atoms with Crippen LogP contribution in [0.15, 0.2) is 0 Å². The van der Waals surface area contributed by atoms with Crippen LogP contribution in [0.25, 0.3) is 0 Å². The van der Waals surface area contributed by atoms with Gasteiger partial charge in [-0.1, -0.05) is 13.8 Å². The van der Waals surface area contributed by atoms with Crippen LogP contribution in [0.2, 0.25) is 0 Å². The molecule has 1 N–H and O–H groups in total. The third kappa shape index (κ3) is 5.73. The van der Waals surface area contributed by atoms with Crippen LogP contribution < -0.4 is 5.32 Å². The smallest absolute Gasteiger partial charge is 0.146 e. The Hall–Kier alpha value is -0.700. The zero-order valence-electron chi connectivity index (χ0n) is 7.14. The van der Waals surface area contributed by atoms with E-state index in [1.165, 1.54) is 0 Å². The summed E-state index contributed by atoms with van der Waals surface area (Å²) in [6.45, 7) is 4.27. The Kier molecular flexibility index (Phi) is 5.65. The second kappa shape index (κ2) is 6.04. The zero-order chi connectivity index (χ0) is 8.69. The molecule has 0 aromatic rings. The van der Waals surface area contributed by atoms with Crippen LogP contribution in [0.1, 0.15) is 26.7 Å². The van der Waals surface area contributed by atoms with Crippen molar-refractivity contribution >= 4 is 11.6 Å². The molecule has 0 amide bonds. The summed E-state index contributed by atoms with van der Waals surface area (Å²) in [7, 11) is 0. The van der Waals surface area contributed by atoms with Gasteiger partial charge in [0.1, 0.15) is 11.6 Å². The van der Waals surface area contributed by atoms with E-state index < -0.39 is 0 Å². The van der Waals surface area contributed by atoms with Gasteiger partial charge >= 0.3 is 0 Å². The van der Waals surface area contributed by atoms with E-state index in [1.807, 2.05) is 13.8 Å². The lowest BCUT2D eigenvalue weighted by molar-refractivity contribution is -0.119. The van der Waals surface area contributed by atoms with Gasteiger partial charge in [0.25, 0.3) is 0 Å². The Morgan fingerprint density at radius 2 is 1.36 bits per heavy atom. The maximum atomic E-state index is 10.7. The minimum Gasteiger partial charge on any atom is -0.303 e. The normalized spacial score (nSPS) is 9.64. The van der Waals surface area contributed by atoms with Crippen LogP contribution in [0, 0.1) is 0 Å². The number of carbonyl (C=O) groups is 2. The molecule has 0 aliphatic rings. The highest BCUT2D eigenvalue weighted by Crippen LogP contribution is 1.79. The van der Waals surface area contributed by atoms with E-state index in [1.54, 1.807) is 0 Å². The average molecular weight is 157 g/mol. The Labute approximate surface area is 67.2 Å². The number of hydrogen-bond donors (Lipinski definition) is 1. The Balaban J connectivity index is 3.27. The van der Waals surface area contributed by atoms with Crippen molar-refractivity contribution in [1.29, 1.82) is 0 Å². The summed E-state index contributed by atoms with van der Waals surface area (Å²) in [4.78, 5) is 21.4. The van der Waals surface area contributed by atoms with Gasteiger partial charge in [-0.25, -0.2) is 0 Å². The topological polar surface area (TPSA) is 46.2 Å². The maximum Gasteiger partial charge on any atom is 0.146 e. The molecule has 0 aromatic heterocycles. The van der Waals surface area contributed by atoms with E-state index >= 15 is 0 Å². The van der Waals surface area contributed by atoms with E-state index in [9.17, 15) is 9.59 Å². The SMILES string of the molecule is CCC(=O)CNCC(=O)CC. The number of ketones is 2. The predicted octanol–water partition coefficient (Wildman–Crippen LogP) is 0.534. The fourth-order valence-electron chi connectivity index (χ4n) is 0.591. The lowest BCUT2D eigenvalue weighted by Gasteiger charge is -1.99. The summed E-state index contributed by atoms with van der Waals surface area (Å²) >= 11 is 0. The minimum absolute atomic E-state index is 0.147. The molecule has 0 heterocycles. The first-order valence-corrected chi connectivity index (χ1v) is 3.94. The fraction of sp³-hybridized carbons (Fsp3) is 0.750. The number of Topliss-reactive ketones (excluding diaryl/α,β-unsaturated/α-hetero) is 2. The van der Waals surface area contributed by atoms with Gasteiger partial charge in [-0.15, -0.1) is 0 Å². The molecule has 0 saturated carbocycles. The average Bonchev–Trinajstić information content (AvgIpc) is 2.04. The first-order valence-electron chi connectivity index (χ1n) is 3.94. The van der Waals surface area contributed by atoms with Gasteiger partial charge in [-0.05, 0) is 0 Å². The first-order chi connectivity index (χ1) is 5.20. The molecule has 0 spiro atoms. The molecule has 0 bridgehead atoms. The van der Waals surface area contributed by atoms with Gasteiger partial charge in [0.05, 0.1) is 13.1 Å². The van der Waals surface area contributed by atoms with Crippen molar-refractivity contribution < 1.29 is 9.59 Å². The quantitative estimate of drug-likeness (QED) is 0.612. The monoisotopic (exact) mass is 157 g/mol. The molecule has 0 saturated heterocycles. The summed E-state index contributed by atoms with van der Waals surface area (Å²) in [5, 5.41) is 2.79. The van der Waals surface area contributed by atoms with Crippen LogP contribution >= 0.6 is 0 Å². The molecular weight excluding hydrogens is 142 g/mol. The minimum atomic E-state index is 0.147. The molecule has 3 nitrogen and oxygen atoms in total. The Morgan fingerprint density at radius 3 is 1.64 bits per heavy atom. The number of hydrogen-bond acceptors (Lipinski definition) is 3. The van der Waals surface area contributed by atoms with Crippen molar-refractivity contribution in [2.45, 2.75) is 26.7 Å². The van der Waals surface area contributed by atoms with Crippen LogP contribution in [-0.2, 0) is 9.59 Å². The molecule has 0 rings (SSSR count). The molecular formula is C8H15NO2. The van der Waals surface area contributed by atoms with Gasteiger partial charge in [-0.2, -0.15) is 0 Å². The molecule has 0 unspecified atom stereocenters. The van der Waals surface area contributed by atoms with Crippen molar-refractivity contribution in [3.8, 4) is 0 Å². The number of carbonyl (C=O) groups excluding carboxylic acids is 2. The lowest BCUT2D eigenvalue weighted by atomic mass is 10.3. The van der Waals surface area contributed by atoms with Crippen molar-refractivity contribution in [3.63, 3.8) is 0 Å². The van der Waals surface area contributed by atoms with Crippen molar-refractivity contribution in [3.05, 3.63) is 0 Å². The van der Waals surface area contributed by atoms with E-state index in [2.05, 4.69) is 5.32 Å². The zero-order valence-corrected chi connectivity index (χ0v) is 7.14. The third-order valence-corrected chi connectivity index (χ3v) is 1.43. The number of nitrogens with one attached hydrogen (secondary N) is 1. The van der Waals surface area contributed by atoms with E-state index in [0.29, 0.717) is 25.9 Å². The molecule has 0 aromatic carbocycles. The van der Waals surface area contributed by atoms with Crippen LogP contribution in [0.4, 0.5) is 0 Å². The molecule has 0 fully saturated rings. The molecule has 3 heteroatoms. The maximum absolute atomic E-state index is 10.7. The molecule has 0 aliphatic heterocycles. The predicted molar refractivity (Wildman–Crippen MR) is 43.5 cm³/mol. The molecule has 0 radical (unpaired) electrons. The van der Waals surface area contributed by atoms with Gasteiger partial charge in [-0.3, -0.25) is 9.59 Å². The Morgan fingerprint density at radius 1 is 1.00 bits per heavy atom. The summed E-state index contributed by atoms with van der Waals surface area (Å²) < 4.78 is 0. The van der Waals surface area contributed by atoms with Gasteiger partial charge in [0.15, 0.2) is 0 Å². The second-order valence-corrected chi connectivity index (χ2v) is 2.39. The lowest BCUT2D eigenvalue weighted by Crippen LogP contribution is -2.27. The highest BCUT2D eigenvalue weighted by molar-refractivity contribution is 5.83. The highest BCUT2D eigenvalue weighted by Gasteiger charge is 1.99. The second-order valence-electron chi connectivity index (χ2n) is 2.39. The first kappa shape index (κ1) is 10.3. The molecule has 11 heavy (non-hydrogen) atoms. The van der Waals surface area contributed by atoms with Crippen molar-refractivity contribution in [2.24, 2.45) is 0 Å². The number of rotatable bonds is 6. The van der Waals surface area contributed by atoms with E-state index in [-0.39, 0.29) is 11.6 Å². The van der Waals surface area contributed by atoms with E-state index in [0.717, 1.165) is 0 Å². The molecule has 0 aliphatic carbocycles. The summed E-state index contributed by atoms with van der Waals surface area (Å²) in [5.41, 5.74) is 0.